The highest BCUT2D eigenvalue weighted by Gasteiger charge is 2.25. The fourth-order valence-electron chi connectivity index (χ4n) is 4.06. The maximum Gasteiger partial charge on any atom is 0.254 e. The molecule has 0 atom stereocenters. The molecule has 0 aliphatic carbocycles. The van der Waals surface area contributed by atoms with Gasteiger partial charge in [-0.25, -0.2) is 0 Å². The van der Waals surface area contributed by atoms with Crippen LogP contribution in [0.2, 0.25) is 0 Å². The van der Waals surface area contributed by atoms with Crippen molar-refractivity contribution in [3.05, 3.63) is 71.8 Å². The van der Waals surface area contributed by atoms with Crippen molar-refractivity contribution in [2.45, 2.75) is 6.42 Å². The average molecular weight is 418 g/mol. The van der Waals surface area contributed by atoms with Gasteiger partial charge in [-0.15, -0.1) is 0 Å². The van der Waals surface area contributed by atoms with Gasteiger partial charge in [0.05, 0.1) is 14.2 Å². The first kappa shape index (κ1) is 20.7. The molecule has 0 radical (unpaired) electrons. The molecule has 3 aromatic rings. The molecule has 1 aliphatic rings. The van der Waals surface area contributed by atoms with Crippen LogP contribution in [0, 0.1) is 0 Å². The standard InChI is InChI=1S/C25H26N2O4/c1-30-22-12-11-19(17-23(22)31-2)24(28)26-13-6-14-27(16-15-26)25(29)21-10-5-8-18-7-3-4-9-20(18)21/h3-5,7-12,17H,6,13-16H2,1-2H3. The van der Waals surface area contributed by atoms with Crippen LogP contribution in [0.1, 0.15) is 27.1 Å². The Morgan fingerprint density at radius 2 is 1.42 bits per heavy atom. The van der Waals surface area contributed by atoms with E-state index in [4.69, 9.17) is 9.47 Å². The molecule has 0 spiro atoms. The SMILES string of the molecule is COc1ccc(C(=O)N2CCCN(C(=O)c3cccc4ccccc34)CC2)cc1OC. The Labute approximate surface area is 182 Å². The van der Waals surface area contributed by atoms with Gasteiger partial charge in [0.1, 0.15) is 0 Å². The number of rotatable bonds is 4. The quantitative estimate of drug-likeness (QED) is 0.646. The first-order valence-corrected chi connectivity index (χ1v) is 10.4. The summed E-state index contributed by atoms with van der Waals surface area (Å²) in [5.74, 6) is 1.05. The summed E-state index contributed by atoms with van der Waals surface area (Å²) >= 11 is 0. The van der Waals surface area contributed by atoms with E-state index in [1.54, 1.807) is 37.3 Å². The van der Waals surface area contributed by atoms with Crippen molar-refractivity contribution in [3.63, 3.8) is 0 Å². The molecule has 31 heavy (non-hydrogen) atoms. The van der Waals surface area contributed by atoms with Gasteiger partial charge in [-0.05, 0) is 41.5 Å². The van der Waals surface area contributed by atoms with Crippen LogP contribution in [0.5, 0.6) is 11.5 Å². The molecule has 1 heterocycles. The van der Waals surface area contributed by atoms with Crippen LogP contribution >= 0.6 is 0 Å². The fraction of sp³-hybridized carbons (Fsp3) is 0.280. The second kappa shape index (κ2) is 9.08. The molecular formula is C25H26N2O4. The summed E-state index contributed by atoms with van der Waals surface area (Å²) in [7, 11) is 3.12. The number of fused-ring (bicyclic) bond motifs is 1. The zero-order chi connectivity index (χ0) is 21.8. The van der Waals surface area contributed by atoms with Gasteiger partial charge >= 0.3 is 0 Å². The molecule has 0 aromatic heterocycles. The average Bonchev–Trinajstić information content (AvgIpc) is 3.08. The molecule has 0 bridgehead atoms. The highest BCUT2D eigenvalue weighted by Crippen LogP contribution is 2.28. The van der Waals surface area contributed by atoms with E-state index in [0.717, 1.165) is 17.2 Å². The second-order valence-electron chi connectivity index (χ2n) is 7.53. The third-order valence-electron chi connectivity index (χ3n) is 5.72. The van der Waals surface area contributed by atoms with Crippen LogP contribution < -0.4 is 9.47 Å². The lowest BCUT2D eigenvalue weighted by molar-refractivity contribution is 0.0719. The van der Waals surface area contributed by atoms with Gasteiger partial charge in [-0.2, -0.15) is 0 Å². The normalized spacial score (nSPS) is 14.3. The summed E-state index contributed by atoms with van der Waals surface area (Å²) in [6, 6.07) is 18.9. The first-order chi connectivity index (χ1) is 15.1. The van der Waals surface area contributed by atoms with E-state index in [1.807, 2.05) is 47.4 Å². The topological polar surface area (TPSA) is 59.1 Å². The lowest BCUT2D eigenvalue weighted by atomic mass is 10.0. The molecule has 1 aliphatic heterocycles. The van der Waals surface area contributed by atoms with Gasteiger partial charge in [0.2, 0.25) is 0 Å². The monoisotopic (exact) mass is 418 g/mol. The van der Waals surface area contributed by atoms with E-state index in [9.17, 15) is 9.59 Å². The Bertz CT molecular complexity index is 1110. The van der Waals surface area contributed by atoms with Crippen LogP contribution in [0.15, 0.2) is 60.7 Å². The van der Waals surface area contributed by atoms with Crippen molar-refractivity contribution in [3.8, 4) is 11.5 Å². The lowest BCUT2D eigenvalue weighted by Gasteiger charge is -2.23. The van der Waals surface area contributed by atoms with Gasteiger partial charge in [-0.1, -0.05) is 36.4 Å². The summed E-state index contributed by atoms with van der Waals surface area (Å²) in [5, 5.41) is 2.01. The third kappa shape index (κ3) is 4.19. The molecule has 0 unspecified atom stereocenters. The minimum atomic E-state index is -0.0691. The molecule has 1 fully saturated rings. The molecule has 6 heteroatoms. The van der Waals surface area contributed by atoms with Gasteiger partial charge in [0.15, 0.2) is 11.5 Å². The number of amides is 2. The second-order valence-corrected chi connectivity index (χ2v) is 7.53. The summed E-state index contributed by atoms with van der Waals surface area (Å²) in [4.78, 5) is 30.0. The molecule has 3 aromatic carbocycles. The zero-order valence-electron chi connectivity index (χ0n) is 17.8. The molecule has 1 saturated heterocycles. The predicted octanol–water partition coefficient (Wildman–Crippen LogP) is 3.85. The maximum absolute atomic E-state index is 13.3. The molecule has 4 rings (SSSR count). The molecule has 0 saturated carbocycles. The largest absolute Gasteiger partial charge is 0.493 e. The van der Waals surface area contributed by atoms with E-state index in [0.29, 0.717) is 48.8 Å². The Morgan fingerprint density at radius 1 is 0.742 bits per heavy atom. The van der Waals surface area contributed by atoms with E-state index in [2.05, 4.69) is 0 Å². The van der Waals surface area contributed by atoms with E-state index < -0.39 is 0 Å². The van der Waals surface area contributed by atoms with Crippen molar-refractivity contribution < 1.29 is 19.1 Å². The number of benzene rings is 3. The van der Waals surface area contributed by atoms with E-state index in [-0.39, 0.29) is 11.8 Å². The summed E-state index contributed by atoms with van der Waals surface area (Å²) < 4.78 is 10.6. The Morgan fingerprint density at radius 3 is 2.16 bits per heavy atom. The molecule has 0 N–H and O–H groups in total. The van der Waals surface area contributed by atoms with E-state index in [1.165, 1.54) is 0 Å². The Kier molecular flexibility index (Phi) is 6.07. The molecule has 2 amide bonds. The van der Waals surface area contributed by atoms with E-state index >= 15 is 0 Å². The number of carbonyl (C=O) groups is 2. The van der Waals surface area contributed by atoms with Crippen molar-refractivity contribution in [2.24, 2.45) is 0 Å². The van der Waals surface area contributed by atoms with Gasteiger partial charge in [0, 0.05) is 37.3 Å². The van der Waals surface area contributed by atoms with Crippen molar-refractivity contribution >= 4 is 22.6 Å². The smallest absolute Gasteiger partial charge is 0.254 e. The summed E-state index contributed by atoms with van der Waals surface area (Å²) in [6.07, 6.45) is 0.732. The van der Waals surface area contributed by atoms with Gasteiger partial charge in [-0.3, -0.25) is 9.59 Å². The van der Waals surface area contributed by atoms with Crippen LogP contribution in [0.4, 0.5) is 0 Å². The van der Waals surface area contributed by atoms with Crippen LogP contribution in [-0.4, -0.2) is 62.0 Å². The zero-order valence-corrected chi connectivity index (χ0v) is 17.8. The molecule has 160 valence electrons. The Hall–Kier alpha value is -3.54. The minimum Gasteiger partial charge on any atom is -0.493 e. The van der Waals surface area contributed by atoms with Crippen molar-refractivity contribution in [1.82, 2.24) is 9.80 Å². The minimum absolute atomic E-state index is 0.0113. The number of carbonyl (C=O) groups excluding carboxylic acids is 2. The number of hydrogen-bond acceptors (Lipinski definition) is 4. The number of methoxy groups -OCH3 is 2. The van der Waals surface area contributed by atoms with Crippen LogP contribution in [0.3, 0.4) is 0 Å². The highest BCUT2D eigenvalue weighted by molar-refractivity contribution is 6.07. The molecular weight excluding hydrogens is 392 g/mol. The van der Waals surface area contributed by atoms with Gasteiger partial charge in [0.25, 0.3) is 11.8 Å². The third-order valence-corrected chi connectivity index (χ3v) is 5.72. The number of ether oxygens (including phenoxy) is 2. The summed E-state index contributed by atoms with van der Waals surface area (Å²) in [6.45, 7) is 2.22. The summed E-state index contributed by atoms with van der Waals surface area (Å²) in [5.41, 5.74) is 1.25. The lowest BCUT2D eigenvalue weighted by Crippen LogP contribution is -2.37. The predicted molar refractivity (Wildman–Crippen MR) is 120 cm³/mol. The number of nitrogens with zero attached hydrogens (tertiary/aromatic N) is 2. The molecule has 6 nitrogen and oxygen atoms in total. The fourth-order valence-corrected chi connectivity index (χ4v) is 4.06. The van der Waals surface area contributed by atoms with Crippen LogP contribution in [0.25, 0.3) is 10.8 Å². The highest BCUT2D eigenvalue weighted by atomic mass is 16.5. The van der Waals surface area contributed by atoms with Crippen molar-refractivity contribution in [1.29, 1.82) is 0 Å². The maximum atomic E-state index is 13.3. The van der Waals surface area contributed by atoms with Crippen molar-refractivity contribution in [2.75, 3.05) is 40.4 Å². The number of hydrogen-bond donors (Lipinski definition) is 0. The Balaban J connectivity index is 1.49. The van der Waals surface area contributed by atoms with Gasteiger partial charge < -0.3 is 19.3 Å². The van der Waals surface area contributed by atoms with Crippen LogP contribution in [-0.2, 0) is 0 Å². The first-order valence-electron chi connectivity index (χ1n) is 10.4.